The first-order valence-electron chi connectivity index (χ1n) is 6.48. The number of likely N-dealkylation sites (N-methyl/N-ethyl adjacent to an activating group) is 1. The number of benzene rings is 1. The topological polar surface area (TPSA) is 91.8 Å². The first kappa shape index (κ1) is 16.4. The Morgan fingerprint density at radius 3 is 2.29 bits per heavy atom. The van der Waals surface area contributed by atoms with E-state index in [2.05, 4.69) is 0 Å². The van der Waals surface area contributed by atoms with Crippen molar-refractivity contribution in [2.24, 2.45) is 0 Å². The summed E-state index contributed by atoms with van der Waals surface area (Å²) in [6, 6.07) is 3.81. The molecule has 1 aromatic carbocycles. The number of sulfone groups is 1. The predicted molar refractivity (Wildman–Crippen MR) is 79.3 cm³/mol. The van der Waals surface area contributed by atoms with Crippen LogP contribution in [0.3, 0.4) is 0 Å². The molecule has 1 aromatic rings. The van der Waals surface area contributed by atoms with E-state index >= 15 is 0 Å². The van der Waals surface area contributed by atoms with Gasteiger partial charge in [0.25, 0.3) is 0 Å². The molecule has 0 bridgehead atoms. The average molecular weight is 333 g/mol. The number of aliphatic hydroxyl groups excluding tert-OH is 1. The molecule has 0 aromatic heterocycles. The molecule has 6 nitrogen and oxygen atoms in total. The smallest absolute Gasteiger partial charge is 0.243 e. The molecule has 2 rings (SSSR count). The van der Waals surface area contributed by atoms with E-state index in [1.165, 1.54) is 13.1 Å². The molecule has 118 valence electrons. The fraction of sp³-hybridized carbons (Fsp3) is 0.538. The van der Waals surface area contributed by atoms with E-state index in [4.69, 9.17) is 0 Å². The van der Waals surface area contributed by atoms with E-state index < -0.39 is 37.8 Å². The normalized spacial score (nSPS) is 25.4. The van der Waals surface area contributed by atoms with Crippen LogP contribution >= 0.6 is 0 Å². The number of nitrogens with zero attached hydrogens (tertiary/aromatic N) is 1. The molecule has 8 heteroatoms. The van der Waals surface area contributed by atoms with E-state index in [1.54, 1.807) is 12.1 Å². The molecule has 0 saturated carbocycles. The second-order valence-electron chi connectivity index (χ2n) is 5.48. The number of sulfonamides is 1. The van der Waals surface area contributed by atoms with Gasteiger partial charge in [-0.3, -0.25) is 0 Å². The largest absolute Gasteiger partial charge is 0.390 e. The molecule has 1 aliphatic heterocycles. The molecule has 21 heavy (non-hydrogen) atoms. The summed E-state index contributed by atoms with van der Waals surface area (Å²) in [5.74, 6) is -0.751. The number of aryl methyl sites for hydroxylation is 2. The lowest BCUT2D eigenvalue weighted by Crippen LogP contribution is -2.44. The highest BCUT2D eigenvalue weighted by Gasteiger charge is 2.42. The van der Waals surface area contributed by atoms with Gasteiger partial charge in [-0.2, -0.15) is 4.31 Å². The van der Waals surface area contributed by atoms with E-state index in [9.17, 15) is 21.9 Å². The van der Waals surface area contributed by atoms with Crippen LogP contribution in [0.5, 0.6) is 0 Å². The van der Waals surface area contributed by atoms with Crippen molar-refractivity contribution in [2.45, 2.75) is 30.9 Å². The fourth-order valence-corrected chi connectivity index (χ4v) is 5.79. The first-order chi connectivity index (χ1) is 9.54. The van der Waals surface area contributed by atoms with Crippen molar-refractivity contribution in [3.63, 3.8) is 0 Å². The third kappa shape index (κ3) is 3.13. The van der Waals surface area contributed by atoms with Crippen molar-refractivity contribution in [2.75, 3.05) is 18.6 Å². The van der Waals surface area contributed by atoms with Gasteiger partial charge in [-0.05, 0) is 37.1 Å². The molecule has 1 N–H and O–H groups in total. The number of hydrogen-bond acceptors (Lipinski definition) is 5. The molecule has 0 unspecified atom stereocenters. The van der Waals surface area contributed by atoms with Gasteiger partial charge >= 0.3 is 0 Å². The standard InChI is InChI=1S/C13H19NO5S2/c1-9-4-5-11(6-10(9)2)21(18,19)14(3)12-7-20(16,17)8-13(12)15/h4-6,12-13,15H,7-8H2,1-3H3/t12-,13+/m0/s1. The highest BCUT2D eigenvalue weighted by atomic mass is 32.2. The third-order valence-electron chi connectivity index (χ3n) is 3.92. The molecular formula is C13H19NO5S2. The van der Waals surface area contributed by atoms with Gasteiger partial charge in [0.2, 0.25) is 10.0 Å². The summed E-state index contributed by atoms with van der Waals surface area (Å²) in [6.07, 6.45) is -1.19. The fourth-order valence-electron chi connectivity index (χ4n) is 2.38. The van der Waals surface area contributed by atoms with Crippen LogP contribution in [0.25, 0.3) is 0 Å². The lowest BCUT2D eigenvalue weighted by atomic mass is 10.1. The van der Waals surface area contributed by atoms with Crippen molar-refractivity contribution < 1.29 is 21.9 Å². The Balaban J connectivity index is 2.37. The summed E-state index contributed by atoms with van der Waals surface area (Å²) in [5, 5.41) is 9.82. The van der Waals surface area contributed by atoms with E-state index in [-0.39, 0.29) is 10.6 Å². The zero-order valence-corrected chi connectivity index (χ0v) is 13.8. The Hall–Kier alpha value is -0.960. The third-order valence-corrected chi connectivity index (χ3v) is 7.49. The SMILES string of the molecule is Cc1ccc(S(=O)(=O)N(C)[C@H]2CS(=O)(=O)C[C@H]2O)cc1C. The molecule has 1 fully saturated rings. The number of hydrogen-bond donors (Lipinski definition) is 1. The van der Waals surface area contributed by atoms with Crippen molar-refractivity contribution in [1.29, 1.82) is 0 Å². The number of rotatable bonds is 3. The summed E-state index contributed by atoms with van der Waals surface area (Å²) < 4.78 is 49.2. The van der Waals surface area contributed by atoms with Crippen LogP contribution in [0.2, 0.25) is 0 Å². The molecular weight excluding hydrogens is 314 g/mol. The minimum atomic E-state index is -3.84. The monoisotopic (exact) mass is 333 g/mol. The van der Waals surface area contributed by atoms with Gasteiger partial charge in [0.1, 0.15) is 0 Å². The molecule has 0 amide bonds. The van der Waals surface area contributed by atoms with Gasteiger partial charge in [0, 0.05) is 7.05 Å². The van der Waals surface area contributed by atoms with Crippen LogP contribution in [-0.4, -0.2) is 56.9 Å². The predicted octanol–water partition coefficient (Wildman–Crippen LogP) is 0.0818. The van der Waals surface area contributed by atoms with Crippen LogP contribution in [0, 0.1) is 13.8 Å². The Labute approximate surface area is 125 Å². The summed E-state index contributed by atoms with van der Waals surface area (Å²) >= 11 is 0. The summed E-state index contributed by atoms with van der Waals surface area (Å²) in [6.45, 7) is 3.69. The number of aliphatic hydroxyl groups is 1. The molecule has 0 spiro atoms. The minimum absolute atomic E-state index is 0.101. The van der Waals surface area contributed by atoms with Gasteiger partial charge in [-0.1, -0.05) is 6.07 Å². The van der Waals surface area contributed by atoms with Crippen molar-refractivity contribution >= 4 is 19.9 Å². The Morgan fingerprint density at radius 2 is 1.81 bits per heavy atom. The van der Waals surface area contributed by atoms with Crippen molar-refractivity contribution in [1.82, 2.24) is 4.31 Å². The summed E-state index contributed by atoms with van der Waals surface area (Å²) in [5.41, 5.74) is 1.81. The quantitative estimate of drug-likeness (QED) is 0.846. The second kappa shape index (κ2) is 5.35. The van der Waals surface area contributed by atoms with Gasteiger partial charge < -0.3 is 5.11 Å². The van der Waals surface area contributed by atoms with Gasteiger partial charge in [0.05, 0.1) is 28.5 Å². The van der Waals surface area contributed by atoms with Crippen LogP contribution < -0.4 is 0 Å². The molecule has 2 atom stereocenters. The highest BCUT2D eigenvalue weighted by molar-refractivity contribution is 7.92. The minimum Gasteiger partial charge on any atom is -0.390 e. The maximum atomic E-state index is 12.6. The zero-order valence-electron chi connectivity index (χ0n) is 12.1. The van der Waals surface area contributed by atoms with Gasteiger partial charge in [-0.25, -0.2) is 16.8 Å². The Kier molecular flexibility index (Phi) is 4.18. The van der Waals surface area contributed by atoms with Crippen molar-refractivity contribution in [3.8, 4) is 0 Å². The highest BCUT2D eigenvalue weighted by Crippen LogP contribution is 2.25. The van der Waals surface area contributed by atoms with Crippen LogP contribution in [0.4, 0.5) is 0 Å². The summed E-state index contributed by atoms with van der Waals surface area (Å²) in [4.78, 5) is 0.101. The Bertz CT molecular complexity index is 755. The zero-order chi connectivity index (χ0) is 16.0. The molecule has 1 saturated heterocycles. The maximum absolute atomic E-state index is 12.6. The maximum Gasteiger partial charge on any atom is 0.243 e. The van der Waals surface area contributed by atoms with Crippen molar-refractivity contribution in [3.05, 3.63) is 29.3 Å². The molecule has 1 aliphatic rings. The van der Waals surface area contributed by atoms with Crippen LogP contribution in [0.15, 0.2) is 23.1 Å². The van der Waals surface area contributed by atoms with Crippen LogP contribution in [0.1, 0.15) is 11.1 Å². The van der Waals surface area contributed by atoms with E-state index in [0.717, 1.165) is 15.4 Å². The van der Waals surface area contributed by atoms with E-state index in [0.29, 0.717) is 0 Å². The molecule has 0 aliphatic carbocycles. The Morgan fingerprint density at radius 1 is 1.19 bits per heavy atom. The summed E-state index contributed by atoms with van der Waals surface area (Å²) in [7, 11) is -5.93. The van der Waals surface area contributed by atoms with Gasteiger partial charge in [-0.15, -0.1) is 0 Å². The van der Waals surface area contributed by atoms with Gasteiger partial charge in [0.15, 0.2) is 9.84 Å². The molecule has 0 radical (unpaired) electrons. The lowest BCUT2D eigenvalue weighted by Gasteiger charge is -2.25. The second-order valence-corrected chi connectivity index (χ2v) is 9.63. The average Bonchev–Trinajstić information content (AvgIpc) is 2.65. The lowest BCUT2D eigenvalue weighted by molar-refractivity contribution is 0.137. The molecule has 1 heterocycles. The first-order valence-corrected chi connectivity index (χ1v) is 9.74. The van der Waals surface area contributed by atoms with E-state index in [1.807, 2.05) is 13.8 Å². The van der Waals surface area contributed by atoms with Crippen LogP contribution in [-0.2, 0) is 19.9 Å².